The van der Waals surface area contributed by atoms with Crippen LogP contribution >= 0.6 is 0 Å². The minimum atomic E-state index is 0.109. The van der Waals surface area contributed by atoms with Crippen molar-refractivity contribution in [3.05, 3.63) is 108 Å². The van der Waals surface area contributed by atoms with Gasteiger partial charge in [0.05, 0.1) is 0 Å². The van der Waals surface area contributed by atoms with Gasteiger partial charge in [0.25, 0.3) is 0 Å². The van der Waals surface area contributed by atoms with Crippen molar-refractivity contribution in [1.29, 1.82) is 0 Å². The molecule has 6 rings (SSSR count). The van der Waals surface area contributed by atoms with Gasteiger partial charge in [0.2, 0.25) is 0 Å². The first-order valence-corrected chi connectivity index (χ1v) is 17.4. The van der Waals surface area contributed by atoms with E-state index in [1.807, 2.05) is 0 Å². The van der Waals surface area contributed by atoms with Crippen molar-refractivity contribution in [2.75, 3.05) is 0 Å². The Labute approximate surface area is 260 Å². The normalized spacial score (nSPS) is 13.4. The summed E-state index contributed by atoms with van der Waals surface area (Å²) in [6.45, 7) is 4.64. The lowest BCUT2D eigenvalue weighted by Gasteiger charge is -2.33. The van der Waals surface area contributed by atoms with Gasteiger partial charge in [-0.3, -0.25) is 0 Å². The molecule has 0 heteroatoms. The lowest BCUT2D eigenvalue weighted by Crippen LogP contribution is -2.25. The highest BCUT2D eigenvalue weighted by molar-refractivity contribution is 6.12. The highest BCUT2D eigenvalue weighted by Gasteiger charge is 2.42. The quantitative estimate of drug-likeness (QED) is 0.0873. The van der Waals surface area contributed by atoms with Crippen LogP contribution in [0.15, 0.2) is 97.1 Å². The van der Waals surface area contributed by atoms with E-state index in [9.17, 15) is 0 Å². The van der Waals surface area contributed by atoms with Crippen LogP contribution in [0.25, 0.3) is 43.8 Å². The van der Waals surface area contributed by atoms with Gasteiger partial charge in [-0.15, -0.1) is 0 Å². The van der Waals surface area contributed by atoms with Gasteiger partial charge < -0.3 is 0 Å². The molecule has 1 aliphatic rings. The zero-order chi connectivity index (χ0) is 29.5. The molecule has 0 spiro atoms. The number of unbranched alkanes of at least 4 members (excludes halogenated alkanes) is 10. The van der Waals surface area contributed by atoms with E-state index in [2.05, 4.69) is 111 Å². The monoisotopic (exact) mass is 566 g/mol. The first-order valence-electron chi connectivity index (χ1n) is 17.4. The summed E-state index contributed by atoms with van der Waals surface area (Å²) < 4.78 is 0. The molecule has 0 nitrogen and oxygen atoms in total. The molecule has 0 fully saturated rings. The van der Waals surface area contributed by atoms with E-state index in [1.54, 1.807) is 11.1 Å². The largest absolute Gasteiger partial charge is 0.0654 e. The minimum absolute atomic E-state index is 0.109. The van der Waals surface area contributed by atoms with Crippen LogP contribution in [0, 0.1) is 0 Å². The number of fused-ring (bicyclic) bond motifs is 5. The smallest absolute Gasteiger partial charge is 0.0215 e. The molecular weight excluding hydrogens is 516 g/mol. The Bertz CT molecular complexity index is 1580. The molecule has 1 aliphatic carbocycles. The van der Waals surface area contributed by atoms with Gasteiger partial charge >= 0.3 is 0 Å². The average molecular weight is 567 g/mol. The molecule has 0 saturated carbocycles. The predicted molar refractivity (Wildman–Crippen MR) is 189 cm³/mol. The molecule has 0 radical (unpaired) electrons. The first kappa shape index (κ1) is 29.7. The SMILES string of the molecule is CCCCCCCCC1(CCCCCCCC)c2ccccc2-c2ccc(-c3c4ccccc4cc4ccccc34)cc21. The molecule has 0 amide bonds. The third kappa shape index (κ3) is 6.04. The zero-order valence-corrected chi connectivity index (χ0v) is 26.6. The van der Waals surface area contributed by atoms with Crippen LogP contribution in [-0.2, 0) is 5.41 Å². The van der Waals surface area contributed by atoms with Gasteiger partial charge in [0, 0.05) is 5.41 Å². The Balaban J connectivity index is 1.44. The minimum Gasteiger partial charge on any atom is -0.0654 e. The van der Waals surface area contributed by atoms with Crippen molar-refractivity contribution in [3.63, 3.8) is 0 Å². The maximum Gasteiger partial charge on any atom is 0.0215 e. The van der Waals surface area contributed by atoms with Gasteiger partial charge in [-0.1, -0.05) is 176 Å². The molecule has 0 atom stereocenters. The van der Waals surface area contributed by atoms with Crippen LogP contribution in [-0.4, -0.2) is 0 Å². The van der Waals surface area contributed by atoms with Crippen LogP contribution in [0.2, 0.25) is 0 Å². The summed E-state index contributed by atoms with van der Waals surface area (Å²) in [5.41, 5.74) is 9.00. The molecule has 0 N–H and O–H groups in total. The fourth-order valence-corrected chi connectivity index (χ4v) is 8.01. The standard InChI is InChI=1S/C43H50/c1-3-5-7-9-11-19-29-43(30-20-12-10-8-6-4-2)40-26-18-17-25-38(40)39-28-27-35(32-41(39)43)42-36-23-15-13-21-33(36)31-34-22-14-16-24-37(34)42/h13-18,21-28,31-32H,3-12,19-20,29-30H2,1-2H3. The van der Waals surface area contributed by atoms with Crippen molar-refractivity contribution < 1.29 is 0 Å². The second-order valence-electron chi connectivity index (χ2n) is 13.1. The lowest BCUT2D eigenvalue weighted by molar-refractivity contribution is 0.398. The van der Waals surface area contributed by atoms with Gasteiger partial charge in [-0.2, -0.15) is 0 Å². The molecule has 0 unspecified atom stereocenters. The van der Waals surface area contributed by atoms with Crippen molar-refractivity contribution in [1.82, 2.24) is 0 Å². The zero-order valence-electron chi connectivity index (χ0n) is 26.6. The summed E-state index contributed by atoms with van der Waals surface area (Å²) in [4.78, 5) is 0. The predicted octanol–water partition coefficient (Wildman–Crippen LogP) is 13.4. The van der Waals surface area contributed by atoms with Gasteiger partial charge in [0.15, 0.2) is 0 Å². The van der Waals surface area contributed by atoms with Gasteiger partial charge in [-0.25, -0.2) is 0 Å². The summed E-state index contributed by atoms with van der Waals surface area (Å²) in [5.74, 6) is 0. The molecule has 0 aromatic heterocycles. The van der Waals surface area contributed by atoms with Crippen molar-refractivity contribution in [2.24, 2.45) is 0 Å². The van der Waals surface area contributed by atoms with E-state index in [0.717, 1.165) is 0 Å². The van der Waals surface area contributed by atoms with Crippen LogP contribution in [0.3, 0.4) is 0 Å². The van der Waals surface area contributed by atoms with Crippen LogP contribution in [0.5, 0.6) is 0 Å². The van der Waals surface area contributed by atoms with E-state index in [4.69, 9.17) is 0 Å². The van der Waals surface area contributed by atoms with E-state index < -0.39 is 0 Å². The van der Waals surface area contributed by atoms with Crippen molar-refractivity contribution in [2.45, 2.75) is 109 Å². The molecule has 0 saturated heterocycles. The Kier molecular flexibility index (Phi) is 9.62. The summed E-state index contributed by atoms with van der Waals surface area (Å²) in [6, 6.07) is 37.2. The van der Waals surface area contributed by atoms with Crippen LogP contribution in [0.4, 0.5) is 0 Å². The highest BCUT2D eigenvalue weighted by atomic mass is 14.4. The Morgan fingerprint density at radius 2 is 0.953 bits per heavy atom. The fourth-order valence-electron chi connectivity index (χ4n) is 8.01. The molecule has 0 bridgehead atoms. The van der Waals surface area contributed by atoms with E-state index >= 15 is 0 Å². The highest BCUT2D eigenvalue weighted by Crippen LogP contribution is 2.55. The Morgan fingerprint density at radius 1 is 0.442 bits per heavy atom. The maximum absolute atomic E-state index is 2.62. The van der Waals surface area contributed by atoms with Gasteiger partial charge in [0.1, 0.15) is 0 Å². The van der Waals surface area contributed by atoms with Crippen LogP contribution in [0.1, 0.15) is 115 Å². The van der Waals surface area contributed by atoms with E-state index in [0.29, 0.717) is 0 Å². The maximum atomic E-state index is 2.62. The first-order chi connectivity index (χ1) is 21.3. The Hall–Kier alpha value is -3.38. The third-order valence-corrected chi connectivity index (χ3v) is 10.2. The summed E-state index contributed by atoms with van der Waals surface area (Å²) >= 11 is 0. The summed E-state index contributed by atoms with van der Waals surface area (Å²) in [5, 5.41) is 5.36. The van der Waals surface area contributed by atoms with E-state index in [1.165, 1.54) is 134 Å². The average Bonchev–Trinajstić information content (AvgIpc) is 3.32. The number of rotatable bonds is 15. The molecule has 0 aliphatic heterocycles. The molecular formula is C43H50. The summed E-state index contributed by atoms with van der Waals surface area (Å²) in [6.07, 6.45) is 18.7. The second kappa shape index (κ2) is 13.9. The molecule has 222 valence electrons. The molecule has 0 heterocycles. The second-order valence-corrected chi connectivity index (χ2v) is 13.1. The molecule has 5 aromatic carbocycles. The van der Waals surface area contributed by atoms with E-state index in [-0.39, 0.29) is 5.41 Å². The number of hydrogen-bond donors (Lipinski definition) is 0. The van der Waals surface area contributed by atoms with Gasteiger partial charge in [-0.05, 0) is 79.9 Å². The fraction of sp³-hybridized carbons (Fsp3) is 0.395. The third-order valence-electron chi connectivity index (χ3n) is 10.2. The molecule has 43 heavy (non-hydrogen) atoms. The lowest BCUT2D eigenvalue weighted by atomic mass is 9.70. The Morgan fingerprint density at radius 3 is 1.58 bits per heavy atom. The topological polar surface area (TPSA) is 0 Å². The summed E-state index contributed by atoms with van der Waals surface area (Å²) in [7, 11) is 0. The molecule has 5 aromatic rings. The number of benzene rings is 5. The van der Waals surface area contributed by atoms with Crippen molar-refractivity contribution in [3.8, 4) is 22.3 Å². The number of hydrogen-bond acceptors (Lipinski definition) is 0. The van der Waals surface area contributed by atoms with Crippen LogP contribution < -0.4 is 0 Å². The van der Waals surface area contributed by atoms with Crippen molar-refractivity contribution >= 4 is 21.5 Å².